The van der Waals surface area contributed by atoms with Crippen LogP contribution in [0.2, 0.25) is 39.3 Å². The zero-order valence-electron chi connectivity index (χ0n) is 14.2. The van der Waals surface area contributed by atoms with Gasteiger partial charge >= 0.3 is 6.16 Å². The van der Waals surface area contributed by atoms with Gasteiger partial charge in [-0.2, -0.15) is 0 Å². The summed E-state index contributed by atoms with van der Waals surface area (Å²) < 4.78 is 23.1. The molecule has 1 saturated heterocycles. The first-order valence-corrected chi connectivity index (χ1v) is 15.3. The number of halogens is 2. The van der Waals surface area contributed by atoms with Crippen molar-refractivity contribution in [2.45, 2.75) is 55.8 Å². The summed E-state index contributed by atoms with van der Waals surface area (Å²) >= 11 is 13.2. The maximum Gasteiger partial charge on any atom is 0.512 e. The Kier molecular flexibility index (Phi) is 3.67. The van der Waals surface area contributed by atoms with Gasteiger partial charge in [0.25, 0.3) is 10.1 Å². The molecule has 3 aliphatic rings. The minimum absolute atomic E-state index is 0.351. The highest BCUT2D eigenvalue weighted by Crippen LogP contribution is 2.68. The molecule has 1 saturated carbocycles. The lowest BCUT2D eigenvalue weighted by Crippen LogP contribution is -2.51. The van der Waals surface area contributed by atoms with Gasteiger partial charge < -0.3 is 18.3 Å². The number of ether oxygens (including phenoxy) is 2. The number of hydrogen-bond donors (Lipinski definition) is 0. The van der Waals surface area contributed by atoms with Crippen molar-refractivity contribution in [3.8, 4) is 0 Å². The van der Waals surface area contributed by atoms with Crippen LogP contribution in [-0.2, 0) is 18.3 Å². The smallest absolute Gasteiger partial charge is 0.512 e. The lowest BCUT2D eigenvalue weighted by molar-refractivity contribution is 0.0375. The van der Waals surface area contributed by atoms with Crippen LogP contribution >= 0.6 is 23.2 Å². The third kappa shape index (κ3) is 2.60. The minimum atomic E-state index is -1.90. The number of carbonyl (C=O) groups excluding carboxylic acids is 1. The zero-order chi connectivity index (χ0) is 17.4. The van der Waals surface area contributed by atoms with E-state index in [4.69, 9.17) is 41.5 Å². The molecule has 5 nitrogen and oxygen atoms in total. The van der Waals surface area contributed by atoms with Gasteiger partial charge in [-0.3, -0.25) is 0 Å². The zero-order valence-corrected chi connectivity index (χ0v) is 17.7. The lowest BCUT2D eigenvalue weighted by atomic mass is 9.97. The summed E-state index contributed by atoms with van der Waals surface area (Å²) in [5.74, 6) is 0.690. The first-order chi connectivity index (χ1) is 10.3. The molecular formula is C14H22Cl2O5Si2. The van der Waals surface area contributed by atoms with Crippen molar-refractivity contribution < 1.29 is 23.1 Å². The Balaban J connectivity index is 2.07. The Bertz CT molecular complexity index is 549. The highest BCUT2D eigenvalue weighted by Gasteiger charge is 2.79. The summed E-state index contributed by atoms with van der Waals surface area (Å²) in [5.41, 5.74) is 0. The summed E-state index contributed by atoms with van der Waals surface area (Å²) in [6.45, 7) is 12.5. The number of fused-ring (bicyclic) bond motifs is 5. The molecule has 0 aromatic carbocycles. The van der Waals surface area contributed by atoms with Crippen LogP contribution < -0.4 is 0 Å². The van der Waals surface area contributed by atoms with Crippen LogP contribution in [-0.4, -0.2) is 32.9 Å². The number of alkyl halides is 2. The van der Waals surface area contributed by atoms with E-state index in [1.54, 1.807) is 0 Å². The topological polar surface area (TPSA) is 54.0 Å². The molecule has 0 aromatic heterocycles. The second-order valence-electron chi connectivity index (χ2n) is 8.24. The molecule has 2 bridgehead atoms. The van der Waals surface area contributed by atoms with Gasteiger partial charge in [0.05, 0.1) is 11.8 Å². The van der Waals surface area contributed by atoms with Gasteiger partial charge in [-0.15, -0.1) is 0 Å². The van der Waals surface area contributed by atoms with Crippen molar-refractivity contribution >= 4 is 46.0 Å². The van der Waals surface area contributed by atoms with E-state index in [0.29, 0.717) is 17.9 Å². The molecule has 1 heterocycles. The Morgan fingerprint density at radius 1 is 0.913 bits per heavy atom. The van der Waals surface area contributed by atoms with Crippen molar-refractivity contribution in [2.24, 2.45) is 11.8 Å². The molecule has 0 unspecified atom stereocenters. The third-order valence-electron chi connectivity index (χ3n) is 4.00. The molecule has 4 atom stereocenters. The molecule has 2 fully saturated rings. The second-order valence-corrected chi connectivity index (χ2v) is 18.2. The number of carbonyl (C=O) groups is 1. The number of rotatable bonds is 4. The van der Waals surface area contributed by atoms with Gasteiger partial charge in [-0.1, -0.05) is 23.2 Å². The molecule has 130 valence electrons. The van der Waals surface area contributed by atoms with Gasteiger partial charge in [0.2, 0.25) is 16.6 Å². The van der Waals surface area contributed by atoms with Gasteiger partial charge in [0, 0.05) is 0 Å². The van der Waals surface area contributed by atoms with Crippen LogP contribution in [0.15, 0.2) is 11.5 Å². The quantitative estimate of drug-likeness (QED) is 0.395. The van der Waals surface area contributed by atoms with E-state index >= 15 is 0 Å². The van der Waals surface area contributed by atoms with E-state index in [-0.39, 0.29) is 11.8 Å². The van der Waals surface area contributed by atoms with Crippen LogP contribution in [0.1, 0.15) is 6.42 Å². The molecule has 0 radical (unpaired) electrons. The Labute approximate surface area is 148 Å². The summed E-state index contributed by atoms with van der Waals surface area (Å²) in [4.78, 5) is 11.7. The first kappa shape index (κ1) is 17.4. The summed E-state index contributed by atoms with van der Waals surface area (Å²) in [7, 11) is -3.80. The molecule has 9 heteroatoms. The Hall–Kier alpha value is -0.376. The minimum Gasteiger partial charge on any atom is -0.545 e. The lowest BCUT2D eigenvalue weighted by Gasteiger charge is -2.40. The summed E-state index contributed by atoms with van der Waals surface area (Å²) in [6, 6.07) is 0. The third-order valence-corrected chi connectivity index (χ3v) is 7.01. The van der Waals surface area contributed by atoms with Crippen molar-refractivity contribution in [2.75, 3.05) is 0 Å². The fourth-order valence-corrected chi connectivity index (χ4v) is 6.00. The standard InChI is InChI=1S/C14H22Cl2O5Si2/c1-22(2,3)20-10-8-7-9(11(10)21-23(4,5)6)14(16)13(8,15)18-12(17)19-14/h8-9H,7H2,1-6H3/t8-,9+,13+,14-. The van der Waals surface area contributed by atoms with Crippen LogP contribution in [0.4, 0.5) is 4.79 Å². The van der Waals surface area contributed by atoms with Crippen LogP contribution in [0.3, 0.4) is 0 Å². The van der Waals surface area contributed by atoms with E-state index in [1.807, 2.05) is 0 Å². The van der Waals surface area contributed by atoms with E-state index < -0.39 is 32.9 Å². The predicted octanol–water partition coefficient (Wildman–Crippen LogP) is 4.59. The summed E-state index contributed by atoms with van der Waals surface area (Å²) in [6.07, 6.45) is -0.244. The Morgan fingerprint density at radius 3 is 1.57 bits per heavy atom. The molecule has 2 aliphatic carbocycles. The molecule has 23 heavy (non-hydrogen) atoms. The average Bonchev–Trinajstić information content (AvgIpc) is 2.80. The van der Waals surface area contributed by atoms with E-state index in [9.17, 15) is 4.79 Å². The SMILES string of the molecule is C[Si](C)(C)OC1=C(O[Si](C)(C)C)[C@@H]2C[C@H]1[C@]1(Cl)OC(=O)O[C@]21Cl. The van der Waals surface area contributed by atoms with Crippen molar-refractivity contribution in [1.29, 1.82) is 0 Å². The normalized spacial score (nSPS) is 39.2. The molecule has 1 aliphatic heterocycles. The van der Waals surface area contributed by atoms with Crippen molar-refractivity contribution in [3.63, 3.8) is 0 Å². The first-order valence-electron chi connectivity index (χ1n) is 7.69. The van der Waals surface area contributed by atoms with Crippen LogP contribution in [0, 0.1) is 11.8 Å². The maximum atomic E-state index is 11.7. The average molecular weight is 397 g/mol. The molecule has 0 aromatic rings. The Morgan fingerprint density at radius 2 is 1.26 bits per heavy atom. The largest absolute Gasteiger partial charge is 0.545 e. The van der Waals surface area contributed by atoms with Crippen LogP contribution in [0.5, 0.6) is 0 Å². The van der Waals surface area contributed by atoms with Crippen molar-refractivity contribution in [1.82, 2.24) is 0 Å². The fourth-order valence-electron chi connectivity index (χ4n) is 3.36. The van der Waals surface area contributed by atoms with E-state index in [2.05, 4.69) is 39.3 Å². The van der Waals surface area contributed by atoms with Gasteiger partial charge in [-0.25, -0.2) is 4.79 Å². The van der Waals surface area contributed by atoms with Gasteiger partial charge in [0.1, 0.15) is 11.5 Å². The van der Waals surface area contributed by atoms with E-state index in [1.165, 1.54) is 0 Å². The van der Waals surface area contributed by atoms with Crippen molar-refractivity contribution in [3.05, 3.63) is 11.5 Å². The molecular weight excluding hydrogens is 375 g/mol. The molecule has 3 rings (SSSR count). The summed E-state index contributed by atoms with van der Waals surface area (Å²) in [5, 5.41) is -2.87. The number of hydrogen-bond acceptors (Lipinski definition) is 5. The molecule has 0 N–H and O–H groups in total. The molecule has 0 amide bonds. The fraction of sp³-hybridized carbons (Fsp3) is 0.786. The maximum absolute atomic E-state index is 11.7. The van der Waals surface area contributed by atoms with Crippen LogP contribution in [0.25, 0.3) is 0 Å². The monoisotopic (exact) mass is 396 g/mol. The van der Waals surface area contributed by atoms with Gasteiger partial charge in [0.15, 0.2) is 0 Å². The van der Waals surface area contributed by atoms with Gasteiger partial charge in [-0.05, 0) is 45.7 Å². The van der Waals surface area contributed by atoms with E-state index in [0.717, 1.165) is 0 Å². The molecule has 0 spiro atoms. The highest BCUT2D eigenvalue weighted by atomic mass is 35.5. The second kappa shape index (κ2) is 4.83. The predicted molar refractivity (Wildman–Crippen MR) is 92.2 cm³/mol. The highest BCUT2D eigenvalue weighted by molar-refractivity contribution is 6.70.